The summed E-state index contributed by atoms with van der Waals surface area (Å²) in [5.74, 6) is -1.22. The minimum atomic E-state index is -1.10. The third-order valence-electron chi connectivity index (χ3n) is 2.59. The van der Waals surface area contributed by atoms with Gasteiger partial charge in [-0.05, 0) is 0 Å². The number of hydrogen-bond acceptors (Lipinski definition) is 7. The van der Waals surface area contributed by atoms with Crippen molar-refractivity contribution in [2.75, 3.05) is 0 Å². The first-order chi connectivity index (χ1) is 10.6. The molecule has 4 aromatic heterocycles. The number of nitrogens with one attached hydrogen (secondary N) is 3. The van der Waals surface area contributed by atoms with Crippen LogP contribution < -0.4 is 5.56 Å². The maximum absolute atomic E-state index is 10.9. The molecule has 11 heteroatoms. The number of hydrogen-bond donors (Lipinski definition) is 4. The van der Waals surface area contributed by atoms with Crippen molar-refractivity contribution in [1.29, 1.82) is 0 Å². The average molecular weight is 300 g/mol. The smallest absolute Gasteiger partial charge is 0.371 e. The minimum absolute atomic E-state index is 0.120. The summed E-state index contributed by atoms with van der Waals surface area (Å²) in [6.45, 7) is 0. The predicted molar refractivity (Wildman–Crippen MR) is 73.2 cm³/mol. The first-order valence-electron chi connectivity index (χ1n) is 5.91. The van der Waals surface area contributed by atoms with Crippen LogP contribution in [0.1, 0.15) is 10.6 Å². The molecule has 0 aliphatic heterocycles. The van der Waals surface area contributed by atoms with Crippen LogP contribution in [0.5, 0.6) is 0 Å². The van der Waals surface area contributed by atoms with Crippen molar-refractivity contribution < 1.29 is 9.90 Å². The van der Waals surface area contributed by atoms with E-state index in [1.165, 1.54) is 25.2 Å². The molecule has 0 saturated heterocycles. The Labute approximate surface area is 120 Å². The van der Waals surface area contributed by atoms with Gasteiger partial charge in [-0.1, -0.05) is 0 Å². The molecule has 0 aliphatic carbocycles. The van der Waals surface area contributed by atoms with Crippen molar-refractivity contribution in [3.05, 3.63) is 41.4 Å². The number of nitrogens with zero attached hydrogens (tertiary/aromatic N) is 5. The molecule has 4 N–H and O–H groups in total. The van der Waals surface area contributed by atoms with E-state index in [9.17, 15) is 9.59 Å². The van der Waals surface area contributed by atoms with Crippen molar-refractivity contribution in [2.24, 2.45) is 0 Å². The maximum atomic E-state index is 10.9. The van der Waals surface area contributed by atoms with Gasteiger partial charge >= 0.3 is 5.97 Å². The van der Waals surface area contributed by atoms with Gasteiger partial charge in [0.2, 0.25) is 5.82 Å². The third kappa shape index (κ3) is 2.49. The SMILES string of the molecule is O=C(O)c1nc2ncncc2[nH]1.O=c1[nH]cnc2nc[nH]c12. The molecule has 0 aliphatic rings. The predicted octanol–water partition coefficient (Wildman–Crippen LogP) is -0.303. The summed E-state index contributed by atoms with van der Waals surface area (Å²) in [5.41, 5.74) is 1.56. The van der Waals surface area contributed by atoms with Crippen molar-refractivity contribution in [3.8, 4) is 0 Å². The van der Waals surface area contributed by atoms with Crippen LogP contribution in [0.15, 0.2) is 30.0 Å². The molecule has 4 aromatic rings. The normalized spacial score (nSPS) is 10.4. The van der Waals surface area contributed by atoms with Crippen LogP contribution in [0.2, 0.25) is 0 Å². The first kappa shape index (κ1) is 13.4. The van der Waals surface area contributed by atoms with Gasteiger partial charge in [0.25, 0.3) is 5.56 Å². The number of rotatable bonds is 1. The Morgan fingerprint density at radius 3 is 2.55 bits per heavy atom. The van der Waals surface area contributed by atoms with Crippen molar-refractivity contribution in [2.45, 2.75) is 0 Å². The van der Waals surface area contributed by atoms with E-state index >= 15 is 0 Å². The Morgan fingerprint density at radius 2 is 1.86 bits per heavy atom. The Bertz CT molecular complexity index is 968. The van der Waals surface area contributed by atoms with Crippen molar-refractivity contribution in [1.82, 2.24) is 39.9 Å². The summed E-state index contributed by atoms with van der Waals surface area (Å²) in [6, 6.07) is 0. The Kier molecular flexibility index (Phi) is 3.28. The monoisotopic (exact) mass is 300 g/mol. The number of aromatic amines is 3. The number of carboxylic acid groups (broad SMARTS) is 1. The lowest BCUT2D eigenvalue weighted by molar-refractivity contribution is 0.0685. The average Bonchev–Trinajstić information content (AvgIpc) is 3.15. The summed E-state index contributed by atoms with van der Waals surface area (Å²) < 4.78 is 0. The molecule has 0 bridgehead atoms. The Balaban J connectivity index is 0.000000133. The number of imidazole rings is 2. The van der Waals surface area contributed by atoms with Crippen LogP contribution in [0.4, 0.5) is 0 Å². The lowest BCUT2D eigenvalue weighted by atomic mass is 10.6. The summed E-state index contributed by atoms with van der Waals surface area (Å²) in [4.78, 5) is 47.7. The molecule has 22 heavy (non-hydrogen) atoms. The highest BCUT2D eigenvalue weighted by Crippen LogP contribution is 2.04. The molecule has 4 rings (SSSR count). The van der Waals surface area contributed by atoms with Crippen LogP contribution >= 0.6 is 0 Å². The number of fused-ring (bicyclic) bond motifs is 2. The number of carboxylic acids is 1. The molecule has 0 fully saturated rings. The molecular formula is C11H8N8O3. The standard InChI is InChI=1S/C6H4N4O2.C5H4N4O/c11-6(12)5-9-3-1-7-2-8-4(3)10-5;10-5-3-4(7-1-6-3)8-2-9-5/h1-2H,(H,11,12)(H,7,8,9,10);1-2H,(H2,6,7,8,9,10). The van der Waals surface area contributed by atoms with Crippen LogP contribution in [0.25, 0.3) is 22.3 Å². The molecule has 4 heterocycles. The highest BCUT2D eigenvalue weighted by molar-refractivity contribution is 5.87. The molecule has 11 nitrogen and oxygen atoms in total. The summed E-state index contributed by atoms with van der Waals surface area (Å²) in [5, 5.41) is 8.54. The zero-order valence-electron chi connectivity index (χ0n) is 10.8. The zero-order chi connectivity index (χ0) is 15.5. The van der Waals surface area contributed by atoms with Gasteiger partial charge in [0.05, 0.1) is 18.9 Å². The number of aromatic nitrogens is 8. The van der Waals surface area contributed by atoms with E-state index < -0.39 is 5.97 Å². The second kappa shape index (κ2) is 5.40. The van der Waals surface area contributed by atoms with E-state index in [-0.39, 0.29) is 11.4 Å². The fraction of sp³-hybridized carbons (Fsp3) is 0. The molecule has 0 aromatic carbocycles. The molecule has 0 atom stereocenters. The van der Waals surface area contributed by atoms with Crippen LogP contribution in [0, 0.1) is 0 Å². The van der Waals surface area contributed by atoms with E-state index in [2.05, 4.69) is 39.9 Å². The zero-order valence-corrected chi connectivity index (χ0v) is 10.8. The fourth-order valence-corrected chi connectivity index (χ4v) is 1.64. The lowest BCUT2D eigenvalue weighted by Crippen LogP contribution is -2.05. The second-order valence-corrected chi connectivity index (χ2v) is 3.98. The van der Waals surface area contributed by atoms with Gasteiger partial charge in [-0.15, -0.1) is 0 Å². The van der Waals surface area contributed by atoms with Gasteiger partial charge in [0, 0.05) is 0 Å². The first-order valence-corrected chi connectivity index (χ1v) is 5.91. The van der Waals surface area contributed by atoms with Crippen molar-refractivity contribution >= 4 is 28.3 Å². The van der Waals surface area contributed by atoms with Crippen LogP contribution in [-0.2, 0) is 0 Å². The van der Waals surface area contributed by atoms with E-state index in [1.54, 1.807) is 0 Å². The number of carbonyl (C=O) groups is 1. The van der Waals surface area contributed by atoms with Gasteiger partial charge in [-0.2, -0.15) is 0 Å². The Hall–Kier alpha value is -3.63. The van der Waals surface area contributed by atoms with E-state index in [4.69, 9.17) is 5.11 Å². The molecular weight excluding hydrogens is 292 g/mol. The van der Waals surface area contributed by atoms with Crippen LogP contribution in [-0.4, -0.2) is 50.9 Å². The quantitative estimate of drug-likeness (QED) is 0.371. The number of aromatic carboxylic acids is 1. The van der Waals surface area contributed by atoms with E-state index in [1.807, 2.05) is 0 Å². The van der Waals surface area contributed by atoms with Gasteiger partial charge in [-0.3, -0.25) is 4.79 Å². The Morgan fingerprint density at radius 1 is 1.09 bits per heavy atom. The van der Waals surface area contributed by atoms with Gasteiger partial charge in [-0.25, -0.2) is 29.7 Å². The number of H-pyrrole nitrogens is 3. The fourth-order valence-electron chi connectivity index (χ4n) is 1.64. The van der Waals surface area contributed by atoms with Gasteiger partial charge < -0.3 is 20.1 Å². The molecule has 0 saturated carbocycles. The van der Waals surface area contributed by atoms with Gasteiger partial charge in [0.15, 0.2) is 16.8 Å². The van der Waals surface area contributed by atoms with Gasteiger partial charge in [0.1, 0.15) is 11.8 Å². The molecule has 0 spiro atoms. The largest absolute Gasteiger partial charge is 0.475 e. The van der Waals surface area contributed by atoms with Crippen LogP contribution in [0.3, 0.4) is 0 Å². The molecule has 0 unspecified atom stereocenters. The maximum Gasteiger partial charge on any atom is 0.371 e. The van der Waals surface area contributed by atoms with E-state index in [0.717, 1.165) is 0 Å². The highest BCUT2D eigenvalue weighted by atomic mass is 16.4. The second-order valence-electron chi connectivity index (χ2n) is 3.98. The molecule has 0 amide bonds. The van der Waals surface area contributed by atoms with Crippen molar-refractivity contribution in [3.63, 3.8) is 0 Å². The van der Waals surface area contributed by atoms with E-state index in [0.29, 0.717) is 22.3 Å². The summed E-state index contributed by atoms with van der Waals surface area (Å²) >= 11 is 0. The molecule has 110 valence electrons. The summed E-state index contributed by atoms with van der Waals surface area (Å²) in [7, 11) is 0. The molecule has 0 radical (unpaired) electrons. The highest BCUT2D eigenvalue weighted by Gasteiger charge is 2.08. The minimum Gasteiger partial charge on any atom is -0.475 e. The third-order valence-corrected chi connectivity index (χ3v) is 2.59. The lowest BCUT2D eigenvalue weighted by Gasteiger charge is -1.81. The summed E-state index contributed by atoms with van der Waals surface area (Å²) in [6.07, 6.45) is 5.55. The topological polar surface area (TPSA) is 166 Å².